The maximum absolute atomic E-state index is 12.6. The second-order valence-corrected chi connectivity index (χ2v) is 8.77. The summed E-state index contributed by atoms with van der Waals surface area (Å²) in [6.07, 6.45) is 4.29. The van der Waals surface area contributed by atoms with Gasteiger partial charge in [-0.05, 0) is 31.2 Å². The van der Waals surface area contributed by atoms with Crippen LogP contribution in [0.25, 0.3) is 0 Å². The Morgan fingerprint density at radius 1 is 1.19 bits per heavy atom. The van der Waals surface area contributed by atoms with Crippen LogP contribution in [0, 0.1) is 12.8 Å². The minimum atomic E-state index is -0.0459. The molecule has 8 heteroatoms. The zero-order chi connectivity index (χ0) is 21.8. The number of nitrogens with one attached hydrogen (secondary N) is 1. The third-order valence-corrected chi connectivity index (χ3v) is 5.67. The van der Waals surface area contributed by atoms with Crippen LogP contribution in [0.5, 0.6) is 5.88 Å². The van der Waals surface area contributed by atoms with Gasteiger partial charge in [-0.2, -0.15) is 0 Å². The third-order valence-electron chi connectivity index (χ3n) is 5.67. The second-order valence-electron chi connectivity index (χ2n) is 8.77. The van der Waals surface area contributed by atoms with Crippen molar-refractivity contribution in [2.24, 2.45) is 5.92 Å². The number of aryl methyl sites for hydroxylation is 1. The lowest BCUT2D eigenvalue weighted by atomic mass is 10.2. The Bertz CT molecular complexity index is 889. The quantitative estimate of drug-likeness (QED) is 0.735. The topological polar surface area (TPSA) is 83.5 Å². The van der Waals surface area contributed by atoms with Gasteiger partial charge in [-0.3, -0.25) is 0 Å². The molecule has 166 valence electrons. The predicted molar refractivity (Wildman–Crippen MR) is 119 cm³/mol. The number of rotatable bonds is 7. The molecule has 31 heavy (non-hydrogen) atoms. The van der Waals surface area contributed by atoms with E-state index in [2.05, 4.69) is 34.0 Å². The Labute approximate surface area is 184 Å². The lowest BCUT2D eigenvalue weighted by Crippen LogP contribution is -2.52. The number of ether oxygens (including phenoxy) is 1. The number of aromatic nitrogens is 3. The Morgan fingerprint density at radius 2 is 1.97 bits per heavy atom. The molecular weight excluding hydrogens is 392 g/mol. The van der Waals surface area contributed by atoms with Crippen molar-refractivity contribution in [2.75, 3.05) is 37.7 Å². The largest absolute Gasteiger partial charge is 0.477 e. The fourth-order valence-corrected chi connectivity index (χ4v) is 3.51. The van der Waals surface area contributed by atoms with Gasteiger partial charge in [0.2, 0.25) is 5.88 Å². The first-order chi connectivity index (χ1) is 15.0. The Kier molecular flexibility index (Phi) is 6.53. The number of pyridine rings is 1. The molecule has 8 nitrogen and oxygen atoms in total. The first-order valence-electron chi connectivity index (χ1n) is 11.2. The standard InChI is InChI=1S/C23H32N6O2/c1-16(2)22-26-17(3)12-20(27-22)28-8-10-29(11-9-28)23(30)25-14-19-6-7-21(24-13-19)31-15-18-4-5-18/h6-7,12-13,16,18H,4-5,8-11,14-15H2,1-3H3,(H,25,30). The molecule has 0 aromatic carbocycles. The van der Waals surface area contributed by atoms with Crippen LogP contribution in [0.1, 0.15) is 49.7 Å². The van der Waals surface area contributed by atoms with E-state index in [4.69, 9.17) is 9.72 Å². The summed E-state index contributed by atoms with van der Waals surface area (Å²) in [5, 5.41) is 3.00. The number of hydrogen-bond donors (Lipinski definition) is 1. The lowest BCUT2D eigenvalue weighted by Gasteiger charge is -2.35. The third kappa shape index (κ3) is 5.83. The molecule has 4 rings (SSSR count). The molecule has 2 aromatic heterocycles. The van der Waals surface area contributed by atoms with E-state index in [0.29, 0.717) is 37.4 Å². The van der Waals surface area contributed by atoms with E-state index in [1.54, 1.807) is 6.20 Å². The first kappa shape index (κ1) is 21.3. The van der Waals surface area contributed by atoms with Crippen LogP contribution in [-0.4, -0.2) is 58.7 Å². The molecule has 1 aliphatic carbocycles. The number of piperazine rings is 1. The average Bonchev–Trinajstić information content (AvgIpc) is 3.61. The highest BCUT2D eigenvalue weighted by molar-refractivity contribution is 5.74. The highest BCUT2D eigenvalue weighted by atomic mass is 16.5. The van der Waals surface area contributed by atoms with Crippen LogP contribution >= 0.6 is 0 Å². The molecule has 1 aliphatic heterocycles. The van der Waals surface area contributed by atoms with Crippen LogP contribution in [0.4, 0.5) is 10.6 Å². The van der Waals surface area contributed by atoms with E-state index in [1.165, 1.54) is 12.8 Å². The minimum absolute atomic E-state index is 0.0459. The fourth-order valence-electron chi connectivity index (χ4n) is 3.51. The molecule has 1 saturated carbocycles. The summed E-state index contributed by atoms with van der Waals surface area (Å²) in [4.78, 5) is 30.2. The lowest BCUT2D eigenvalue weighted by molar-refractivity contribution is 0.194. The summed E-state index contributed by atoms with van der Waals surface area (Å²) in [6.45, 7) is 10.3. The second kappa shape index (κ2) is 9.49. The highest BCUT2D eigenvalue weighted by Gasteiger charge is 2.23. The Hall–Kier alpha value is -2.90. The first-order valence-corrected chi connectivity index (χ1v) is 11.2. The number of carbonyl (C=O) groups excluding carboxylic acids is 1. The van der Waals surface area contributed by atoms with Crippen molar-refractivity contribution in [1.29, 1.82) is 0 Å². The Morgan fingerprint density at radius 3 is 2.61 bits per heavy atom. The number of amides is 2. The van der Waals surface area contributed by atoms with E-state index in [0.717, 1.165) is 42.6 Å². The van der Waals surface area contributed by atoms with Crippen molar-refractivity contribution >= 4 is 11.8 Å². The van der Waals surface area contributed by atoms with Gasteiger partial charge in [0.1, 0.15) is 11.6 Å². The molecule has 0 radical (unpaired) electrons. The number of anilines is 1. The number of urea groups is 1. The highest BCUT2D eigenvalue weighted by Crippen LogP contribution is 2.29. The van der Waals surface area contributed by atoms with Crippen LogP contribution < -0.4 is 15.0 Å². The number of carbonyl (C=O) groups is 1. The molecule has 0 atom stereocenters. The van der Waals surface area contributed by atoms with Gasteiger partial charge in [0.15, 0.2) is 0 Å². The van der Waals surface area contributed by atoms with E-state index < -0.39 is 0 Å². The smallest absolute Gasteiger partial charge is 0.317 e. The Balaban J connectivity index is 1.24. The van der Waals surface area contributed by atoms with Gasteiger partial charge in [0.05, 0.1) is 6.61 Å². The van der Waals surface area contributed by atoms with Gasteiger partial charge in [-0.25, -0.2) is 19.7 Å². The van der Waals surface area contributed by atoms with Crippen molar-refractivity contribution in [3.05, 3.63) is 41.5 Å². The molecule has 0 bridgehead atoms. The average molecular weight is 425 g/mol. The van der Waals surface area contributed by atoms with E-state index in [-0.39, 0.29) is 6.03 Å². The van der Waals surface area contributed by atoms with Crippen molar-refractivity contribution in [3.63, 3.8) is 0 Å². The molecule has 2 aliphatic rings. The summed E-state index contributed by atoms with van der Waals surface area (Å²) >= 11 is 0. The predicted octanol–water partition coefficient (Wildman–Crippen LogP) is 3.12. The monoisotopic (exact) mass is 424 g/mol. The number of nitrogens with zero attached hydrogens (tertiary/aromatic N) is 5. The van der Waals surface area contributed by atoms with Crippen molar-refractivity contribution in [2.45, 2.75) is 46.1 Å². The van der Waals surface area contributed by atoms with Crippen LogP contribution in [0.2, 0.25) is 0 Å². The van der Waals surface area contributed by atoms with Crippen LogP contribution in [0.15, 0.2) is 24.4 Å². The van der Waals surface area contributed by atoms with Crippen LogP contribution in [-0.2, 0) is 6.54 Å². The van der Waals surface area contributed by atoms with Gasteiger partial charge >= 0.3 is 6.03 Å². The SMILES string of the molecule is Cc1cc(N2CCN(C(=O)NCc3ccc(OCC4CC4)nc3)CC2)nc(C(C)C)n1. The minimum Gasteiger partial charge on any atom is -0.477 e. The summed E-state index contributed by atoms with van der Waals surface area (Å²) in [5.74, 6) is 3.47. The maximum Gasteiger partial charge on any atom is 0.317 e. The van der Waals surface area contributed by atoms with Crippen molar-refractivity contribution < 1.29 is 9.53 Å². The molecule has 0 spiro atoms. The molecule has 1 saturated heterocycles. The summed E-state index contributed by atoms with van der Waals surface area (Å²) in [5.41, 5.74) is 1.94. The molecule has 2 aromatic rings. The van der Waals surface area contributed by atoms with E-state index in [9.17, 15) is 4.79 Å². The van der Waals surface area contributed by atoms with Gasteiger partial charge in [0.25, 0.3) is 0 Å². The van der Waals surface area contributed by atoms with E-state index in [1.807, 2.05) is 30.0 Å². The normalized spacial score (nSPS) is 16.5. The summed E-state index contributed by atoms with van der Waals surface area (Å²) < 4.78 is 5.66. The van der Waals surface area contributed by atoms with Crippen molar-refractivity contribution in [3.8, 4) is 5.88 Å². The molecule has 2 amide bonds. The molecule has 3 heterocycles. The summed E-state index contributed by atoms with van der Waals surface area (Å²) in [6, 6.07) is 5.80. The van der Waals surface area contributed by atoms with Gasteiger partial charge < -0.3 is 19.9 Å². The van der Waals surface area contributed by atoms with Gasteiger partial charge in [-0.15, -0.1) is 0 Å². The fraction of sp³-hybridized carbons (Fsp3) is 0.565. The maximum atomic E-state index is 12.6. The zero-order valence-electron chi connectivity index (χ0n) is 18.7. The molecule has 2 fully saturated rings. The van der Waals surface area contributed by atoms with Crippen molar-refractivity contribution in [1.82, 2.24) is 25.2 Å². The summed E-state index contributed by atoms with van der Waals surface area (Å²) in [7, 11) is 0. The van der Waals surface area contributed by atoms with Gasteiger partial charge in [0, 0.05) is 62.7 Å². The molecule has 0 unspecified atom stereocenters. The molecular formula is C23H32N6O2. The van der Waals surface area contributed by atoms with Gasteiger partial charge in [-0.1, -0.05) is 19.9 Å². The zero-order valence-corrected chi connectivity index (χ0v) is 18.7. The van der Waals surface area contributed by atoms with Crippen LogP contribution in [0.3, 0.4) is 0 Å². The number of hydrogen-bond acceptors (Lipinski definition) is 6. The van der Waals surface area contributed by atoms with E-state index >= 15 is 0 Å². The molecule has 1 N–H and O–H groups in total.